The number of thioether (sulfide) groups is 1. The fourth-order valence-corrected chi connectivity index (χ4v) is 2.52. The van der Waals surface area contributed by atoms with Crippen molar-refractivity contribution in [2.75, 3.05) is 18.8 Å². The van der Waals surface area contributed by atoms with Crippen LogP contribution in [0.5, 0.6) is 0 Å². The summed E-state index contributed by atoms with van der Waals surface area (Å²) in [5, 5.41) is 0. The molecule has 1 fully saturated rings. The van der Waals surface area contributed by atoms with Crippen LogP contribution < -0.4 is 5.73 Å². The molecule has 0 bridgehead atoms. The van der Waals surface area contributed by atoms with Crippen molar-refractivity contribution in [2.45, 2.75) is 24.4 Å². The summed E-state index contributed by atoms with van der Waals surface area (Å²) in [4.78, 5) is 2.32. The molecule has 0 aromatic heterocycles. The second-order valence-electron chi connectivity index (χ2n) is 3.39. The number of nitrogens with zero attached hydrogens (tertiary/aromatic N) is 1. The Bertz CT molecular complexity index is 232. The van der Waals surface area contributed by atoms with Gasteiger partial charge >= 0.3 is 5.51 Å². The molecule has 0 aromatic carbocycles. The summed E-state index contributed by atoms with van der Waals surface area (Å²) < 4.78 is 35.6. The zero-order chi connectivity index (χ0) is 11.5. The van der Waals surface area contributed by atoms with Crippen LogP contribution in [0, 0.1) is 0 Å². The Hall–Kier alpha value is -0.0100. The molecule has 2 nitrogen and oxygen atoms in total. The monoisotopic (exact) mass is 258 g/mol. The average Bonchev–Trinajstić information content (AvgIpc) is 2.49. The molecular weight excluding hydrogens is 245 g/mol. The maximum atomic E-state index is 11.9. The summed E-state index contributed by atoms with van der Waals surface area (Å²) in [7, 11) is 0. The van der Waals surface area contributed by atoms with Crippen molar-refractivity contribution in [3.8, 4) is 0 Å². The van der Waals surface area contributed by atoms with Gasteiger partial charge in [0, 0.05) is 12.3 Å². The van der Waals surface area contributed by atoms with Crippen LogP contribution in [0.3, 0.4) is 0 Å². The number of halogens is 3. The topological polar surface area (TPSA) is 29.3 Å². The number of rotatable bonds is 4. The van der Waals surface area contributed by atoms with Gasteiger partial charge in [0.1, 0.15) is 0 Å². The predicted molar refractivity (Wildman–Crippen MR) is 59.9 cm³/mol. The normalized spacial score (nSPS) is 23.3. The van der Waals surface area contributed by atoms with Gasteiger partial charge < -0.3 is 5.73 Å². The van der Waals surface area contributed by atoms with E-state index in [1.54, 1.807) is 0 Å². The molecule has 1 aliphatic heterocycles. The first-order chi connectivity index (χ1) is 6.90. The molecule has 1 atom stereocenters. The molecule has 1 saturated heterocycles. The van der Waals surface area contributed by atoms with E-state index in [0.29, 0.717) is 11.5 Å². The number of likely N-dealkylation sites (tertiary alicyclic amines) is 1. The van der Waals surface area contributed by atoms with Crippen LogP contribution >= 0.6 is 24.0 Å². The van der Waals surface area contributed by atoms with Crippen LogP contribution in [0.15, 0.2) is 0 Å². The van der Waals surface area contributed by atoms with E-state index in [2.05, 4.69) is 0 Å². The first-order valence-corrected chi connectivity index (χ1v) is 6.03. The van der Waals surface area contributed by atoms with E-state index in [-0.39, 0.29) is 23.6 Å². The van der Waals surface area contributed by atoms with Crippen molar-refractivity contribution in [1.82, 2.24) is 4.90 Å². The minimum absolute atomic E-state index is 0.00571. The van der Waals surface area contributed by atoms with Gasteiger partial charge in [-0.15, -0.1) is 0 Å². The van der Waals surface area contributed by atoms with Gasteiger partial charge in [-0.3, -0.25) is 4.90 Å². The first-order valence-electron chi connectivity index (χ1n) is 4.64. The molecule has 0 saturated carbocycles. The van der Waals surface area contributed by atoms with E-state index in [4.69, 9.17) is 18.0 Å². The largest absolute Gasteiger partial charge is 0.441 e. The SMILES string of the molecule is NC(=S)C1CCCN1CCSC(F)(F)F. The highest BCUT2D eigenvalue weighted by Gasteiger charge is 2.30. The summed E-state index contributed by atoms with van der Waals surface area (Å²) >= 11 is 4.87. The lowest BCUT2D eigenvalue weighted by Crippen LogP contribution is -2.40. The smallest absolute Gasteiger partial charge is 0.392 e. The Morgan fingerprint density at radius 1 is 1.53 bits per heavy atom. The summed E-state index contributed by atoms with van der Waals surface area (Å²) in [6.45, 7) is 1.19. The highest BCUT2D eigenvalue weighted by atomic mass is 32.2. The van der Waals surface area contributed by atoms with Gasteiger partial charge in [-0.05, 0) is 31.1 Å². The third-order valence-electron chi connectivity index (χ3n) is 2.34. The van der Waals surface area contributed by atoms with Gasteiger partial charge in [-0.25, -0.2) is 0 Å². The molecule has 1 heterocycles. The maximum absolute atomic E-state index is 11.9. The third kappa shape index (κ3) is 4.56. The summed E-state index contributed by atoms with van der Waals surface area (Å²) in [6, 6.07) is -0.00571. The van der Waals surface area contributed by atoms with Crippen LogP contribution in [-0.2, 0) is 0 Å². The van der Waals surface area contributed by atoms with Gasteiger partial charge in [-0.1, -0.05) is 12.2 Å². The molecule has 15 heavy (non-hydrogen) atoms. The molecule has 88 valence electrons. The van der Waals surface area contributed by atoms with Gasteiger partial charge in [0.25, 0.3) is 0 Å². The minimum atomic E-state index is -4.14. The van der Waals surface area contributed by atoms with Crippen LogP contribution in [0.1, 0.15) is 12.8 Å². The molecule has 0 spiro atoms. The third-order valence-corrected chi connectivity index (χ3v) is 3.32. The van der Waals surface area contributed by atoms with Gasteiger partial charge in [-0.2, -0.15) is 13.2 Å². The fourth-order valence-electron chi connectivity index (χ4n) is 1.69. The zero-order valence-electron chi connectivity index (χ0n) is 8.09. The maximum Gasteiger partial charge on any atom is 0.441 e. The zero-order valence-corrected chi connectivity index (χ0v) is 9.72. The molecule has 0 amide bonds. The van der Waals surface area contributed by atoms with Gasteiger partial charge in [0.05, 0.1) is 11.0 Å². The number of thiocarbonyl (C=S) groups is 1. The lowest BCUT2D eigenvalue weighted by Gasteiger charge is -2.23. The van der Waals surface area contributed by atoms with Crippen molar-refractivity contribution >= 4 is 29.0 Å². The number of hydrogen-bond donors (Lipinski definition) is 1. The number of hydrogen-bond acceptors (Lipinski definition) is 3. The van der Waals surface area contributed by atoms with E-state index in [0.717, 1.165) is 19.4 Å². The first kappa shape index (κ1) is 13.1. The summed E-state index contributed by atoms with van der Waals surface area (Å²) in [6.07, 6.45) is 1.82. The Balaban J connectivity index is 2.29. The van der Waals surface area contributed by atoms with Crippen molar-refractivity contribution in [3.05, 3.63) is 0 Å². The molecular formula is C8H13F3N2S2. The highest BCUT2D eigenvalue weighted by molar-refractivity contribution is 8.00. The van der Waals surface area contributed by atoms with Crippen molar-refractivity contribution < 1.29 is 13.2 Å². The molecule has 1 rings (SSSR count). The molecule has 0 radical (unpaired) electrons. The molecule has 1 unspecified atom stereocenters. The van der Waals surface area contributed by atoms with Crippen LogP contribution in [0.25, 0.3) is 0 Å². The highest BCUT2D eigenvalue weighted by Crippen LogP contribution is 2.30. The average molecular weight is 258 g/mol. The van der Waals surface area contributed by atoms with Crippen LogP contribution in [-0.4, -0.2) is 40.3 Å². The van der Waals surface area contributed by atoms with E-state index in [1.807, 2.05) is 4.90 Å². The standard InChI is InChI=1S/C8H13F3N2S2/c9-8(10,11)15-5-4-13-3-1-2-6(13)7(12)14/h6H,1-5H2,(H2,12,14). The molecule has 1 aliphatic rings. The van der Waals surface area contributed by atoms with E-state index < -0.39 is 5.51 Å². The quantitative estimate of drug-likeness (QED) is 0.781. The fraction of sp³-hybridized carbons (Fsp3) is 0.875. The Morgan fingerprint density at radius 3 is 2.73 bits per heavy atom. The summed E-state index contributed by atoms with van der Waals surface area (Å²) in [5.74, 6) is 0.0443. The second kappa shape index (κ2) is 5.36. The lowest BCUT2D eigenvalue weighted by atomic mass is 10.2. The molecule has 2 N–H and O–H groups in total. The lowest BCUT2D eigenvalue weighted by molar-refractivity contribution is -0.0328. The van der Waals surface area contributed by atoms with E-state index in [9.17, 15) is 13.2 Å². The van der Waals surface area contributed by atoms with Crippen molar-refractivity contribution in [1.29, 1.82) is 0 Å². The second-order valence-corrected chi connectivity index (χ2v) is 5.02. The summed E-state index contributed by atoms with van der Waals surface area (Å²) in [5.41, 5.74) is 1.37. The Labute approximate surface area is 96.4 Å². The minimum Gasteiger partial charge on any atom is -0.392 e. The molecule has 0 aromatic rings. The van der Waals surface area contributed by atoms with E-state index in [1.165, 1.54) is 0 Å². The molecule has 0 aliphatic carbocycles. The van der Waals surface area contributed by atoms with Crippen molar-refractivity contribution in [3.63, 3.8) is 0 Å². The van der Waals surface area contributed by atoms with Crippen molar-refractivity contribution in [2.24, 2.45) is 5.73 Å². The Morgan fingerprint density at radius 2 is 2.20 bits per heavy atom. The predicted octanol–water partition coefficient (Wildman–Crippen LogP) is 1.99. The number of alkyl halides is 3. The Kier molecular flexibility index (Phi) is 4.66. The van der Waals surface area contributed by atoms with E-state index >= 15 is 0 Å². The number of nitrogens with two attached hydrogens (primary N) is 1. The van der Waals surface area contributed by atoms with Gasteiger partial charge in [0.2, 0.25) is 0 Å². The van der Waals surface area contributed by atoms with Gasteiger partial charge in [0.15, 0.2) is 0 Å². The van der Waals surface area contributed by atoms with Crippen LogP contribution in [0.2, 0.25) is 0 Å². The molecule has 7 heteroatoms. The van der Waals surface area contributed by atoms with Crippen LogP contribution in [0.4, 0.5) is 13.2 Å².